The van der Waals surface area contributed by atoms with Crippen LogP contribution in [0.4, 0.5) is 0 Å². The fourth-order valence-electron chi connectivity index (χ4n) is 2.96. The molecule has 0 aliphatic carbocycles. The van der Waals surface area contributed by atoms with E-state index in [0.717, 1.165) is 42.6 Å². The first-order chi connectivity index (χ1) is 9.33. The fourth-order valence-corrected chi connectivity index (χ4v) is 2.96. The molecule has 0 aromatic carbocycles. The zero-order valence-electron chi connectivity index (χ0n) is 10.8. The third-order valence-corrected chi connectivity index (χ3v) is 3.96. The van der Waals surface area contributed by atoms with Gasteiger partial charge in [-0.05, 0) is 31.5 Å². The van der Waals surface area contributed by atoms with Crippen LogP contribution in [0.25, 0.3) is 5.52 Å². The van der Waals surface area contributed by atoms with Crippen molar-refractivity contribution in [2.75, 3.05) is 13.2 Å². The molecule has 1 fully saturated rings. The molecule has 1 aliphatic rings. The molecule has 0 spiro atoms. The maximum absolute atomic E-state index is 9.37. The minimum atomic E-state index is 0.204. The maximum Gasteiger partial charge on any atom is 0.102 e. The third-order valence-electron chi connectivity index (χ3n) is 3.96. The predicted molar refractivity (Wildman–Crippen MR) is 72.6 cm³/mol. The van der Waals surface area contributed by atoms with E-state index in [2.05, 4.69) is 11.0 Å². The molecule has 0 unspecified atom stereocenters. The van der Waals surface area contributed by atoms with Crippen molar-refractivity contribution in [2.45, 2.75) is 25.4 Å². The smallest absolute Gasteiger partial charge is 0.102 e. The number of pyridine rings is 1. The van der Waals surface area contributed by atoms with Crippen LogP contribution in [0, 0.1) is 11.3 Å². The summed E-state index contributed by atoms with van der Waals surface area (Å²) >= 11 is 0. The van der Waals surface area contributed by atoms with E-state index >= 15 is 0 Å². The number of aliphatic hydroxyl groups is 1. The lowest BCUT2D eigenvalue weighted by Crippen LogP contribution is -2.31. The van der Waals surface area contributed by atoms with Crippen LogP contribution in [-0.2, 0) is 6.54 Å². The van der Waals surface area contributed by atoms with Crippen molar-refractivity contribution in [3.05, 3.63) is 41.7 Å². The van der Waals surface area contributed by atoms with E-state index in [1.165, 1.54) is 0 Å². The molecule has 0 saturated carbocycles. The van der Waals surface area contributed by atoms with Crippen molar-refractivity contribution in [3.63, 3.8) is 0 Å². The van der Waals surface area contributed by atoms with Crippen LogP contribution in [0.3, 0.4) is 0 Å². The van der Waals surface area contributed by atoms with Crippen LogP contribution in [0.5, 0.6) is 0 Å². The Hall–Kier alpha value is -1.83. The Bertz CT molecular complexity index is 626. The SMILES string of the molecule is N#Cc1c(CN2CCC[C@@H]2CO)cn2ccccc12. The predicted octanol–water partition coefficient (Wildman–Crippen LogP) is 1.77. The number of aromatic nitrogens is 1. The second-order valence-electron chi connectivity index (χ2n) is 5.08. The van der Waals surface area contributed by atoms with Gasteiger partial charge in [-0.15, -0.1) is 0 Å². The van der Waals surface area contributed by atoms with Gasteiger partial charge in [0.2, 0.25) is 0 Å². The molecular formula is C15H17N3O. The maximum atomic E-state index is 9.37. The summed E-state index contributed by atoms with van der Waals surface area (Å²) in [6, 6.07) is 8.44. The summed E-state index contributed by atoms with van der Waals surface area (Å²) in [6.45, 7) is 1.95. The van der Waals surface area contributed by atoms with E-state index in [1.54, 1.807) is 0 Å². The number of likely N-dealkylation sites (tertiary alicyclic amines) is 1. The minimum absolute atomic E-state index is 0.204. The monoisotopic (exact) mass is 255 g/mol. The Kier molecular flexibility index (Phi) is 3.24. The first kappa shape index (κ1) is 12.2. The van der Waals surface area contributed by atoms with Gasteiger partial charge in [0.15, 0.2) is 0 Å². The van der Waals surface area contributed by atoms with Gasteiger partial charge in [-0.3, -0.25) is 4.90 Å². The summed E-state index contributed by atoms with van der Waals surface area (Å²) in [4.78, 5) is 2.27. The molecule has 2 aromatic heterocycles. The van der Waals surface area contributed by atoms with E-state index in [-0.39, 0.29) is 12.6 Å². The van der Waals surface area contributed by atoms with Crippen LogP contribution in [0.15, 0.2) is 30.6 Å². The molecule has 0 radical (unpaired) electrons. The second-order valence-corrected chi connectivity index (χ2v) is 5.08. The van der Waals surface area contributed by atoms with Crippen LogP contribution >= 0.6 is 0 Å². The van der Waals surface area contributed by atoms with Crippen molar-refractivity contribution >= 4 is 5.52 Å². The molecule has 2 aromatic rings. The number of rotatable bonds is 3. The first-order valence-corrected chi connectivity index (χ1v) is 6.67. The zero-order valence-corrected chi connectivity index (χ0v) is 10.8. The normalized spacial score (nSPS) is 19.9. The van der Waals surface area contributed by atoms with Crippen LogP contribution < -0.4 is 0 Å². The van der Waals surface area contributed by atoms with E-state index in [9.17, 15) is 10.4 Å². The Balaban J connectivity index is 1.95. The van der Waals surface area contributed by atoms with Crippen molar-refractivity contribution in [1.29, 1.82) is 5.26 Å². The third kappa shape index (κ3) is 2.12. The number of aliphatic hydroxyl groups excluding tert-OH is 1. The van der Waals surface area contributed by atoms with Crippen molar-refractivity contribution < 1.29 is 5.11 Å². The number of fused-ring (bicyclic) bond motifs is 1. The van der Waals surface area contributed by atoms with Crippen LogP contribution in [0.2, 0.25) is 0 Å². The summed E-state index contributed by atoms with van der Waals surface area (Å²) in [5, 5.41) is 18.7. The molecule has 3 rings (SSSR count). The lowest BCUT2D eigenvalue weighted by atomic mass is 10.1. The molecule has 3 heterocycles. The summed E-state index contributed by atoms with van der Waals surface area (Å²) < 4.78 is 2.00. The Morgan fingerprint density at radius 1 is 1.42 bits per heavy atom. The highest BCUT2D eigenvalue weighted by Gasteiger charge is 2.25. The van der Waals surface area contributed by atoms with E-state index in [1.807, 2.05) is 35.0 Å². The molecule has 1 N–H and O–H groups in total. The average molecular weight is 255 g/mol. The molecule has 0 amide bonds. The molecule has 1 aliphatic heterocycles. The van der Waals surface area contributed by atoms with Gasteiger partial charge in [-0.1, -0.05) is 6.07 Å². The molecule has 0 bridgehead atoms. The Morgan fingerprint density at radius 3 is 3.11 bits per heavy atom. The lowest BCUT2D eigenvalue weighted by molar-refractivity contribution is 0.153. The molecular weight excluding hydrogens is 238 g/mol. The highest BCUT2D eigenvalue weighted by atomic mass is 16.3. The van der Waals surface area contributed by atoms with Gasteiger partial charge in [0, 0.05) is 30.5 Å². The van der Waals surface area contributed by atoms with Crippen LogP contribution in [-0.4, -0.2) is 33.6 Å². The summed E-state index contributed by atoms with van der Waals surface area (Å²) in [5.74, 6) is 0. The Morgan fingerprint density at radius 2 is 2.32 bits per heavy atom. The number of hydrogen-bond acceptors (Lipinski definition) is 3. The molecule has 4 nitrogen and oxygen atoms in total. The van der Waals surface area contributed by atoms with Gasteiger partial charge >= 0.3 is 0 Å². The van der Waals surface area contributed by atoms with Gasteiger partial charge in [0.1, 0.15) is 6.07 Å². The quantitative estimate of drug-likeness (QED) is 0.909. The van der Waals surface area contributed by atoms with E-state index in [0.29, 0.717) is 0 Å². The van der Waals surface area contributed by atoms with Crippen molar-refractivity contribution in [1.82, 2.24) is 9.30 Å². The molecule has 1 atom stereocenters. The number of hydrogen-bond donors (Lipinski definition) is 1. The van der Waals surface area contributed by atoms with Gasteiger partial charge in [0.25, 0.3) is 0 Å². The van der Waals surface area contributed by atoms with Gasteiger partial charge in [-0.25, -0.2) is 0 Å². The molecule has 4 heteroatoms. The fraction of sp³-hybridized carbons (Fsp3) is 0.400. The number of nitrogens with zero attached hydrogens (tertiary/aromatic N) is 3. The summed E-state index contributed by atoms with van der Waals surface area (Å²) in [6.07, 6.45) is 6.17. The topological polar surface area (TPSA) is 51.7 Å². The van der Waals surface area contributed by atoms with Crippen molar-refractivity contribution in [2.24, 2.45) is 0 Å². The number of nitriles is 1. The van der Waals surface area contributed by atoms with E-state index in [4.69, 9.17) is 0 Å². The van der Waals surface area contributed by atoms with Gasteiger partial charge in [0.05, 0.1) is 17.7 Å². The van der Waals surface area contributed by atoms with Crippen molar-refractivity contribution in [3.8, 4) is 6.07 Å². The first-order valence-electron chi connectivity index (χ1n) is 6.67. The van der Waals surface area contributed by atoms with E-state index < -0.39 is 0 Å². The summed E-state index contributed by atoms with van der Waals surface area (Å²) in [7, 11) is 0. The largest absolute Gasteiger partial charge is 0.395 e. The van der Waals surface area contributed by atoms with Crippen LogP contribution in [0.1, 0.15) is 24.0 Å². The minimum Gasteiger partial charge on any atom is -0.395 e. The standard InChI is InChI=1S/C15H17N3O/c16-8-14-12(9-17-7-3-4-13(17)11-19)10-18-6-2-1-5-15(14)18/h1-2,5-6,10,13,19H,3-4,7,9,11H2/t13-/m1/s1. The summed E-state index contributed by atoms with van der Waals surface area (Å²) in [5.41, 5.74) is 2.76. The highest BCUT2D eigenvalue weighted by Crippen LogP contribution is 2.24. The molecule has 19 heavy (non-hydrogen) atoms. The average Bonchev–Trinajstić information content (AvgIpc) is 3.02. The second kappa shape index (κ2) is 5.04. The zero-order chi connectivity index (χ0) is 13.2. The van der Waals surface area contributed by atoms with Gasteiger partial charge in [-0.2, -0.15) is 5.26 Å². The molecule has 98 valence electrons. The van der Waals surface area contributed by atoms with Gasteiger partial charge < -0.3 is 9.51 Å². The highest BCUT2D eigenvalue weighted by molar-refractivity contribution is 5.65. The Labute approximate surface area is 112 Å². The lowest BCUT2D eigenvalue weighted by Gasteiger charge is -2.22. The molecule has 1 saturated heterocycles.